The first kappa shape index (κ1) is 7.85. The van der Waals surface area contributed by atoms with Crippen LogP contribution in [0.1, 0.15) is 12.8 Å². The molecule has 1 aliphatic heterocycles. The van der Waals surface area contributed by atoms with Gasteiger partial charge in [-0.25, -0.2) is 9.66 Å². The summed E-state index contributed by atoms with van der Waals surface area (Å²) in [4.78, 5) is 4.26. The van der Waals surface area contributed by atoms with Crippen molar-refractivity contribution in [2.75, 3.05) is 18.1 Å². The van der Waals surface area contributed by atoms with E-state index < -0.39 is 0 Å². The maximum atomic E-state index is 4.26. The first-order valence-electron chi connectivity index (χ1n) is 5.05. The van der Waals surface area contributed by atoms with Crippen LogP contribution in [0.15, 0.2) is 24.3 Å². The maximum absolute atomic E-state index is 4.26. The number of fused-ring (bicyclic) bond motifs is 1. The van der Waals surface area contributed by atoms with E-state index in [9.17, 15) is 0 Å². The predicted molar refractivity (Wildman–Crippen MR) is 55.8 cm³/mol. The summed E-state index contributed by atoms with van der Waals surface area (Å²) in [7, 11) is 0. The minimum absolute atomic E-state index is 1.03. The van der Waals surface area contributed by atoms with E-state index in [2.05, 4.69) is 27.1 Å². The Morgan fingerprint density at radius 1 is 1.14 bits per heavy atom. The molecule has 0 saturated carbocycles. The molecule has 3 nitrogen and oxygen atoms in total. The minimum atomic E-state index is 1.03. The van der Waals surface area contributed by atoms with E-state index in [0.29, 0.717) is 0 Å². The largest absolute Gasteiger partial charge is 0.311 e. The third-order valence-corrected chi connectivity index (χ3v) is 2.74. The quantitative estimate of drug-likeness (QED) is 0.674. The van der Waals surface area contributed by atoms with Crippen molar-refractivity contribution in [3.8, 4) is 0 Å². The fourth-order valence-electron chi connectivity index (χ4n) is 2.01. The van der Waals surface area contributed by atoms with E-state index in [1.807, 2.05) is 18.2 Å². The van der Waals surface area contributed by atoms with Crippen molar-refractivity contribution >= 4 is 11.0 Å². The average Bonchev–Trinajstić information content (AvgIpc) is 2.85. The second-order valence-electron chi connectivity index (χ2n) is 3.67. The van der Waals surface area contributed by atoms with E-state index in [1.54, 1.807) is 0 Å². The number of rotatable bonds is 1. The molecule has 0 atom stereocenters. The van der Waals surface area contributed by atoms with Crippen LogP contribution in [-0.4, -0.2) is 22.7 Å². The molecule has 2 heterocycles. The summed E-state index contributed by atoms with van der Waals surface area (Å²) in [6, 6.07) is 8.18. The Labute approximate surface area is 82.9 Å². The second kappa shape index (κ2) is 3.01. The smallest absolute Gasteiger partial charge is 0.198 e. The summed E-state index contributed by atoms with van der Waals surface area (Å²) in [6.45, 7) is 2.24. The maximum Gasteiger partial charge on any atom is 0.198 e. The molecule has 1 fully saturated rings. The van der Waals surface area contributed by atoms with Crippen molar-refractivity contribution in [1.29, 1.82) is 0 Å². The van der Waals surface area contributed by atoms with Crippen molar-refractivity contribution in [2.24, 2.45) is 0 Å². The molecule has 3 rings (SSSR count). The van der Waals surface area contributed by atoms with Gasteiger partial charge in [-0.1, -0.05) is 12.1 Å². The molecule has 1 aromatic heterocycles. The van der Waals surface area contributed by atoms with E-state index in [0.717, 1.165) is 24.1 Å². The Hall–Kier alpha value is -1.51. The van der Waals surface area contributed by atoms with Crippen molar-refractivity contribution in [3.05, 3.63) is 30.6 Å². The molecule has 0 unspecified atom stereocenters. The zero-order valence-corrected chi connectivity index (χ0v) is 7.98. The summed E-state index contributed by atoms with van der Waals surface area (Å²) in [5.74, 6) is 0. The van der Waals surface area contributed by atoms with Crippen LogP contribution in [0.2, 0.25) is 0 Å². The Balaban J connectivity index is 2.11. The highest BCUT2D eigenvalue weighted by Crippen LogP contribution is 2.14. The molecule has 0 N–H and O–H groups in total. The Morgan fingerprint density at radius 3 is 2.79 bits per heavy atom. The average molecular weight is 186 g/mol. The summed E-state index contributed by atoms with van der Waals surface area (Å²) in [6.07, 6.45) is 5.60. The Bertz CT molecular complexity index is 440. The first-order chi connectivity index (χ1) is 6.95. The monoisotopic (exact) mass is 186 g/mol. The van der Waals surface area contributed by atoms with Gasteiger partial charge in [0.25, 0.3) is 0 Å². The van der Waals surface area contributed by atoms with Gasteiger partial charge in [-0.05, 0) is 25.0 Å². The fraction of sp³-hybridized carbons (Fsp3) is 0.364. The van der Waals surface area contributed by atoms with Gasteiger partial charge >= 0.3 is 0 Å². The van der Waals surface area contributed by atoms with Gasteiger partial charge in [-0.15, -0.1) is 0 Å². The van der Waals surface area contributed by atoms with Crippen LogP contribution in [0.5, 0.6) is 0 Å². The second-order valence-corrected chi connectivity index (χ2v) is 3.67. The molecule has 0 aliphatic carbocycles. The molecule has 1 aromatic carbocycles. The molecular weight excluding hydrogens is 174 g/mol. The zero-order chi connectivity index (χ0) is 9.38. The normalized spacial score (nSPS) is 16.7. The van der Waals surface area contributed by atoms with Crippen LogP contribution in [0.4, 0.5) is 0 Å². The molecule has 14 heavy (non-hydrogen) atoms. The number of hydrogen-bond donors (Lipinski definition) is 0. The summed E-state index contributed by atoms with van der Waals surface area (Å²) < 4.78 is 2.06. The molecule has 0 bridgehead atoms. The lowest BCUT2D eigenvalue weighted by molar-refractivity contribution is 0.677. The fourth-order valence-corrected chi connectivity index (χ4v) is 2.01. The van der Waals surface area contributed by atoms with Crippen molar-refractivity contribution < 1.29 is 0 Å². The first-order valence-corrected chi connectivity index (χ1v) is 5.05. The lowest BCUT2D eigenvalue weighted by atomic mass is 10.3. The highest BCUT2D eigenvalue weighted by Gasteiger charge is 2.14. The van der Waals surface area contributed by atoms with Crippen LogP contribution in [0.3, 0.4) is 0 Å². The molecule has 71 valence electrons. The van der Waals surface area contributed by atoms with Crippen molar-refractivity contribution in [3.63, 3.8) is 0 Å². The summed E-state index contributed by atoms with van der Waals surface area (Å²) in [5, 5.41) is 2.30. The van der Waals surface area contributed by atoms with Gasteiger partial charge in [0, 0.05) is 13.1 Å². The molecule has 1 aliphatic rings. The highest BCUT2D eigenvalue weighted by molar-refractivity contribution is 5.75. The van der Waals surface area contributed by atoms with Crippen LogP contribution >= 0.6 is 0 Å². The standard InChI is InChI=1S/C11H12N3/c1-2-6-11-10(5-1)12-9-14(11)13-7-3-4-8-13/h1-2,5-6H,3-4,7-8H2. The van der Waals surface area contributed by atoms with Crippen molar-refractivity contribution in [2.45, 2.75) is 12.8 Å². The molecule has 1 radical (unpaired) electrons. The molecule has 0 amide bonds. The topological polar surface area (TPSA) is 21.1 Å². The number of aromatic nitrogens is 2. The number of hydrogen-bond acceptors (Lipinski definition) is 2. The van der Waals surface area contributed by atoms with Crippen LogP contribution in [0.25, 0.3) is 11.0 Å². The van der Waals surface area contributed by atoms with Crippen LogP contribution in [-0.2, 0) is 0 Å². The number of imidazole rings is 1. The molecular formula is C11H12N3. The molecule has 2 aromatic rings. The summed E-state index contributed by atoms with van der Waals surface area (Å²) >= 11 is 0. The van der Waals surface area contributed by atoms with E-state index in [4.69, 9.17) is 0 Å². The van der Waals surface area contributed by atoms with Crippen LogP contribution < -0.4 is 5.01 Å². The summed E-state index contributed by atoms with van der Waals surface area (Å²) in [5.41, 5.74) is 2.19. The lowest BCUT2D eigenvalue weighted by Crippen LogP contribution is -2.30. The molecule has 0 spiro atoms. The molecule has 3 heteroatoms. The Morgan fingerprint density at radius 2 is 1.93 bits per heavy atom. The number of para-hydroxylation sites is 2. The van der Waals surface area contributed by atoms with Gasteiger partial charge in [0.05, 0.1) is 11.0 Å². The lowest BCUT2D eigenvalue weighted by Gasteiger charge is -2.18. The number of nitrogens with zero attached hydrogens (tertiary/aromatic N) is 3. The zero-order valence-electron chi connectivity index (χ0n) is 7.98. The van der Waals surface area contributed by atoms with Crippen molar-refractivity contribution in [1.82, 2.24) is 9.66 Å². The number of benzene rings is 1. The Kier molecular flexibility index (Phi) is 1.69. The minimum Gasteiger partial charge on any atom is -0.311 e. The van der Waals surface area contributed by atoms with Crippen LogP contribution in [0, 0.1) is 6.33 Å². The van der Waals surface area contributed by atoms with Gasteiger partial charge in [0.1, 0.15) is 0 Å². The predicted octanol–water partition coefficient (Wildman–Crippen LogP) is 1.57. The van der Waals surface area contributed by atoms with Gasteiger partial charge in [0.15, 0.2) is 6.33 Å². The van der Waals surface area contributed by atoms with Gasteiger partial charge < -0.3 is 5.01 Å². The van der Waals surface area contributed by atoms with E-state index >= 15 is 0 Å². The third-order valence-electron chi connectivity index (χ3n) is 2.74. The third kappa shape index (κ3) is 1.09. The van der Waals surface area contributed by atoms with E-state index in [-0.39, 0.29) is 0 Å². The SMILES string of the molecule is [c]1nc2ccccc2n1N1CCCC1. The van der Waals surface area contributed by atoms with Gasteiger partial charge in [-0.2, -0.15) is 0 Å². The molecule has 1 saturated heterocycles. The van der Waals surface area contributed by atoms with Gasteiger partial charge in [0.2, 0.25) is 0 Å². The van der Waals surface area contributed by atoms with Gasteiger partial charge in [-0.3, -0.25) is 0 Å². The van der Waals surface area contributed by atoms with E-state index in [1.165, 1.54) is 12.8 Å². The highest BCUT2D eigenvalue weighted by atomic mass is 15.6.